The summed E-state index contributed by atoms with van der Waals surface area (Å²) in [6.07, 6.45) is 2.91. The molecule has 0 radical (unpaired) electrons. The Hall–Kier alpha value is -3.08. The quantitative estimate of drug-likeness (QED) is 0.618. The van der Waals surface area contributed by atoms with E-state index >= 15 is 0 Å². The smallest absolute Gasteiger partial charge is 0.331 e. The first-order valence-electron chi connectivity index (χ1n) is 8.01. The average molecular weight is 339 g/mol. The average Bonchev–Trinajstić information content (AvgIpc) is 2.61. The molecule has 2 aromatic carbocycles. The Bertz CT molecular complexity index is 751. The molecule has 0 aliphatic carbocycles. The number of rotatable bonds is 7. The van der Waals surface area contributed by atoms with Crippen molar-refractivity contribution in [2.45, 2.75) is 13.8 Å². The normalized spacial score (nSPS) is 10.5. The minimum Gasteiger partial charge on any atom is -0.494 e. The van der Waals surface area contributed by atoms with Gasteiger partial charge in [-0.15, -0.1) is 0 Å². The van der Waals surface area contributed by atoms with Crippen molar-refractivity contribution in [2.75, 3.05) is 18.5 Å². The Morgan fingerprint density at radius 2 is 1.80 bits per heavy atom. The van der Waals surface area contributed by atoms with E-state index in [9.17, 15) is 9.59 Å². The van der Waals surface area contributed by atoms with Gasteiger partial charge in [-0.1, -0.05) is 30.3 Å². The van der Waals surface area contributed by atoms with Crippen LogP contribution in [0.2, 0.25) is 0 Å². The Labute approximate surface area is 147 Å². The first-order chi connectivity index (χ1) is 12.1. The van der Waals surface area contributed by atoms with Crippen molar-refractivity contribution >= 4 is 23.6 Å². The lowest BCUT2D eigenvalue weighted by Crippen LogP contribution is -2.20. The van der Waals surface area contributed by atoms with Gasteiger partial charge in [0.05, 0.1) is 6.61 Å². The molecular weight excluding hydrogens is 318 g/mol. The van der Waals surface area contributed by atoms with Crippen molar-refractivity contribution in [3.8, 4) is 5.75 Å². The molecule has 0 heterocycles. The molecule has 0 aromatic heterocycles. The minimum atomic E-state index is -0.575. The summed E-state index contributed by atoms with van der Waals surface area (Å²) in [5.74, 6) is -0.180. The largest absolute Gasteiger partial charge is 0.494 e. The maximum absolute atomic E-state index is 11.8. The van der Waals surface area contributed by atoms with E-state index in [1.165, 1.54) is 6.08 Å². The summed E-state index contributed by atoms with van der Waals surface area (Å²) < 4.78 is 10.3. The minimum absolute atomic E-state index is 0.333. The number of amides is 1. The standard InChI is InChI=1S/C20H21NO4/c1-3-24-17-11-8-16(9-12-17)10-13-20(23)25-14-19(22)21-18-7-5-4-6-15(18)2/h4-13H,3,14H2,1-2H3,(H,21,22)/b13-10+. The van der Waals surface area contributed by atoms with Crippen molar-refractivity contribution in [3.05, 3.63) is 65.7 Å². The Morgan fingerprint density at radius 3 is 2.48 bits per heavy atom. The highest BCUT2D eigenvalue weighted by molar-refractivity contribution is 5.95. The molecule has 0 atom stereocenters. The molecule has 1 amide bonds. The van der Waals surface area contributed by atoms with Crippen LogP contribution < -0.4 is 10.1 Å². The number of benzene rings is 2. The molecule has 1 N–H and O–H groups in total. The maximum Gasteiger partial charge on any atom is 0.331 e. The van der Waals surface area contributed by atoms with Crippen LogP contribution in [0.4, 0.5) is 5.69 Å². The van der Waals surface area contributed by atoms with Crippen molar-refractivity contribution < 1.29 is 19.1 Å². The van der Waals surface area contributed by atoms with Crippen LogP contribution in [0.25, 0.3) is 6.08 Å². The number of carbonyl (C=O) groups is 2. The van der Waals surface area contributed by atoms with Crippen LogP contribution in [0.15, 0.2) is 54.6 Å². The summed E-state index contributed by atoms with van der Waals surface area (Å²) in [5.41, 5.74) is 2.48. The van der Waals surface area contributed by atoms with E-state index in [0.717, 1.165) is 16.9 Å². The highest BCUT2D eigenvalue weighted by atomic mass is 16.5. The number of aryl methyl sites for hydroxylation is 1. The first-order valence-corrected chi connectivity index (χ1v) is 8.01. The molecule has 5 nitrogen and oxygen atoms in total. The predicted molar refractivity (Wildman–Crippen MR) is 97.4 cm³/mol. The number of para-hydroxylation sites is 1. The third-order valence-corrected chi connectivity index (χ3v) is 3.37. The van der Waals surface area contributed by atoms with Gasteiger partial charge < -0.3 is 14.8 Å². The third-order valence-electron chi connectivity index (χ3n) is 3.37. The van der Waals surface area contributed by atoms with E-state index < -0.39 is 5.97 Å². The molecule has 0 saturated heterocycles. The number of esters is 1. The van der Waals surface area contributed by atoms with Crippen molar-refractivity contribution in [3.63, 3.8) is 0 Å². The summed E-state index contributed by atoms with van der Waals surface area (Å²) >= 11 is 0. The van der Waals surface area contributed by atoms with E-state index in [1.807, 2.05) is 56.3 Å². The topological polar surface area (TPSA) is 64.6 Å². The van der Waals surface area contributed by atoms with Crippen LogP contribution in [-0.2, 0) is 14.3 Å². The molecule has 0 bridgehead atoms. The van der Waals surface area contributed by atoms with Gasteiger partial charge in [0, 0.05) is 11.8 Å². The van der Waals surface area contributed by atoms with E-state index in [-0.39, 0.29) is 12.5 Å². The molecule has 0 saturated carbocycles. The van der Waals surface area contributed by atoms with E-state index in [2.05, 4.69) is 5.32 Å². The Kier molecular flexibility index (Phi) is 6.77. The van der Waals surface area contributed by atoms with Crippen molar-refractivity contribution in [2.24, 2.45) is 0 Å². The fourth-order valence-corrected chi connectivity index (χ4v) is 2.09. The molecule has 5 heteroatoms. The van der Waals surface area contributed by atoms with Crippen LogP contribution in [0.5, 0.6) is 5.75 Å². The molecule has 0 fully saturated rings. The number of hydrogen-bond donors (Lipinski definition) is 1. The number of hydrogen-bond acceptors (Lipinski definition) is 4. The lowest BCUT2D eigenvalue weighted by Gasteiger charge is -2.07. The van der Waals surface area contributed by atoms with E-state index in [1.54, 1.807) is 12.1 Å². The molecule has 0 aliphatic heterocycles. The van der Waals surface area contributed by atoms with Gasteiger partial charge in [-0.25, -0.2) is 4.79 Å². The van der Waals surface area contributed by atoms with Gasteiger partial charge in [-0.05, 0) is 49.2 Å². The van der Waals surface area contributed by atoms with Gasteiger partial charge in [0.2, 0.25) is 0 Å². The molecular formula is C20H21NO4. The van der Waals surface area contributed by atoms with Crippen LogP contribution in [0.1, 0.15) is 18.1 Å². The molecule has 130 valence electrons. The Morgan fingerprint density at radius 1 is 1.08 bits per heavy atom. The zero-order valence-electron chi connectivity index (χ0n) is 14.3. The second-order valence-electron chi connectivity index (χ2n) is 5.31. The lowest BCUT2D eigenvalue weighted by molar-refractivity contribution is -0.142. The third kappa shape index (κ3) is 6.14. The second-order valence-corrected chi connectivity index (χ2v) is 5.31. The zero-order chi connectivity index (χ0) is 18.1. The number of ether oxygens (including phenoxy) is 2. The summed E-state index contributed by atoms with van der Waals surface area (Å²) in [7, 11) is 0. The van der Waals surface area contributed by atoms with Gasteiger partial charge in [-0.3, -0.25) is 4.79 Å². The van der Waals surface area contributed by atoms with Gasteiger partial charge in [0.1, 0.15) is 5.75 Å². The lowest BCUT2D eigenvalue weighted by atomic mass is 10.2. The molecule has 2 rings (SSSR count). The molecule has 0 unspecified atom stereocenters. The van der Waals surface area contributed by atoms with Crippen LogP contribution >= 0.6 is 0 Å². The molecule has 0 spiro atoms. The number of anilines is 1. The maximum atomic E-state index is 11.8. The molecule has 0 aliphatic rings. The van der Waals surface area contributed by atoms with Crippen molar-refractivity contribution in [1.82, 2.24) is 0 Å². The fraction of sp³-hybridized carbons (Fsp3) is 0.200. The van der Waals surface area contributed by atoms with Crippen LogP contribution in [0, 0.1) is 6.92 Å². The SMILES string of the molecule is CCOc1ccc(/C=C/C(=O)OCC(=O)Nc2ccccc2C)cc1. The first kappa shape index (κ1) is 18.3. The second kappa shape index (κ2) is 9.27. The molecule has 25 heavy (non-hydrogen) atoms. The monoisotopic (exact) mass is 339 g/mol. The van der Waals surface area contributed by atoms with Crippen molar-refractivity contribution in [1.29, 1.82) is 0 Å². The van der Waals surface area contributed by atoms with Gasteiger partial charge in [-0.2, -0.15) is 0 Å². The number of carbonyl (C=O) groups excluding carboxylic acids is 2. The molecule has 2 aromatic rings. The Balaban J connectivity index is 1.79. The van der Waals surface area contributed by atoms with Gasteiger partial charge in [0.15, 0.2) is 6.61 Å². The highest BCUT2D eigenvalue weighted by Gasteiger charge is 2.06. The van der Waals surface area contributed by atoms with Crippen LogP contribution in [0.3, 0.4) is 0 Å². The summed E-state index contributed by atoms with van der Waals surface area (Å²) in [4.78, 5) is 23.5. The summed E-state index contributed by atoms with van der Waals surface area (Å²) in [6, 6.07) is 14.7. The van der Waals surface area contributed by atoms with E-state index in [0.29, 0.717) is 12.3 Å². The van der Waals surface area contributed by atoms with Gasteiger partial charge >= 0.3 is 5.97 Å². The highest BCUT2D eigenvalue weighted by Crippen LogP contribution is 2.14. The van der Waals surface area contributed by atoms with E-state index in [4.69, 9.17) is 9.47 Å². The number of nitrogens with one attached hydrogen (secondary N) is 1. The fourth-order valence-electron chi connectivity index (χ4n) is 2.09. The zero-order valence-corrected chi connectivity index (χ0v) is 14.3. The van der Waals surface area contributed by atoms with Gasteiger partial charge in [0.25, 0.3) is 5.91 Å². The summed E-state index contributed by atoms with van der Waals surface area (Å²) in [6.45, 7) is 4.08. The summed E-state index contributed by atoms with van der Waals surface area (Å²) in [5, 5.41) is 2.70. The predicted octanol–water partition coefficient (Wildman–Crippen LogP) is 3.59. The van der Waals surface area contributed by atoms with Crippen LogP contribution in [-0.4, -0.2) is 25.1 Å².